The Labute approximate surface area is 114 Å². The Hall–Kier alpha value is -1.57. The van der Waals surface area contributed by atoms with Crippen molar-refractivity contribution in [2.24, 2.45) is 5.92 Å². The van der Waals surface area contributed by atoms with Gasteiger partial charge in [0.05, 0.1) is 0 Å². The van der Waals surface area contributed by atoms with E-state index in [1.54, 1.807) is 0 Å². The molecule has 1 fully saturated rings. The van der Waals surface area contributed by atoms with Gasteiger partial charge in [-0.15, -0.1) is 0 Å². The monoisotopic (exact) mass is 255 g/mol. The van der Waals surface area contributed by atoms with Gasteiger partial charge in [0.2, 0.25) is 0 Å². The van der Waals surface area contributed by atoms with Gasteiger partial charge in [-0.1, -0.05) is 30.7 Å². The van der Waals surface area contributed by atoms with Crippen molar-refractivity contribution < 1.29 is 4.79 Å². The van der Waals surface area contributed by atoms with E-state index in [1.807, 2.05) is 12.1 Å². The summed E-state index contributed by atoms with van der Waals surface area (Å²) in [6.45, 7) is 4.37. The summed E-state index contributed by atoms with van der Waals surface area (Å²) in [6, 6.07) is 8.39. The number of benzene rings is 1. The Morgan fingerprint density at radius 2 is 2.05 bits per heavy atom. The number of carbonyl (C=O) groups excluding carboxylic acids is 1. The first-order chi connectivity index (χ1) is 9.05. The topological polar surface area (TPSA) is 29.1 Å². The minimum atomic E-state index is 0.0140. The molecule has 1 N–H and O–H groups in total. The Balaban J connectivity index is 1.95. The number of hydrogen-bond donors (Lipinski definition) is 1. The molecule has 1 aliphatic carbocycles. The van der Waals surface area contributed by atoms with E-state index in [0.717, 1.165) is 25.0 Å². The average molecular weight is 255 g/mol. The maximum Gasteiger partial charge on any atom is 0.160 e. The lowest BCUT2D eigenvalue weighted by atomic mass is 9.80. The highest BCUT2D eigenvalue weighted by Crippen LogP contribution is 2.32. The van der Waals surface area contributed by atoms with Crippen molar-refractivity contribution in [1.29, 1.82) is 0 Å². The van der Waals surface area contributed by atoms with Crippen molar-refractivity contribution in [3.8, 4) is 0 Å². The second kappa shape index (κ2) is 4.52. The number of nitrogens with one attached hydrogen (secondary N) is 1. The second-order valence-corrected chi connectivity index (χ2v) is 6.43. The molecular formula is C17H21NO. The Morgan fingerprint density at radius 3 is 2.74 bits per heavy atom. The quantitative estimate of drug-likeness (QED) is 0.821. The molecule has 0 atom stereocenters. The van der Waals surface area contributed by atoms with Crippen molar-refractivity contribution in [3.05, 3.63) is 41.5 Å². The summed E-state index contributed by atoms with van der Waals surface area (Å²) >= 11 is 0. The van der Waals surface area contributed by atoms with Crippen LogP contribution in [-0.2, 0) is 11.2 Å². The molecule has 1 aromatic carbocycles. The molecule has 0 amide bonds. The predicted octanol–water partition coefficient (Wildman–Crippen LogP) is 3.32. The third-order valence-corrected chi connectivity index (χ3v) is 4.21. The van der Waals surface area contributed by atoms with E-state index in [9.17, 15) is 4.79 Å². The van der Waals surface area contributed by atoms with Crippen LogP contribution in [0, 0.1) is 5.92 Å². The zero-order valence-corrected chi connectivity index (χ0v) is 11.7. The molecule has 0 saturated heterocycles. The molecule has 1 saturated carbocycles. The lowest BCUT2D eigenvalue weighted by Gasteiger charge is -2.36. The summed E-state index contributed by atoms with van der Waals surface area (Å²) in [4.78, 5) is 12.2. The zero-order chi connectivity index (χ0) is 13.5. The third kappa shape index (κ3) is 2.44. The molecule has 0 spiro atoms. The third-order valence-electron chi connectivity index (χ3n) is 4.21. The standard InChI is InChI=1S/C17H21NO/c1-17(2)11-13-6-3-4-9-14(13)15(18-17)10-16(19)12-7-5-8-12/h3-4,6,9-10,12,18H,5,7-8,11H2,1-2H3. The van der Waals surface area contributed by atoms with E-state index >= 15 is 0 Å². The first kappa shape index (κ1) is 12.5. The molecule has 2 heteroatoms. The van der Waals surface area contributed by atoms with Gasteiger partial charge in [0, 0.05) is 28.8 Å². The molecule has 1 aromatic rings. The number of ketones is 1. The van der Waals surface area contributed by atoms with Crippen molar-refractivity contribution in [1.82, 2.24) is 5.32 Å². The second-order valence-electron chi connectivity index (χ2n) is 6.43. The minimum Gasteiger partial charge on any atom is -0.379 e. The summed E-state index contributed by atoms with van der Waals surface area (Å²) in [7, 11) is 0. The van der Waals surface area contributed by atoms with E-state index in [0.29, 0.717) is 5.78 Å². The zero-order valence-electron chi connectivity index (χ0n) is 11.7. The molecule has 0 radical (unpaired) electrons. The fraction of sp³-hybridized carbons (Fsp3) is 0.471. The van der Waals surface area contributed by atoms with Crippen LogP contribution in [0.25, 0.3) is 5.70 Å². The molecule has 1 heterocycles. The fourth-order valence-electron chi connectivity index (χ4n) is 2.96. The molecular weight excluding hydrogens is 234 g/mol. The van der Waals surface area contributed by atoms with E-state index < -0.39 is 0 Å². The SMILES string of the molecule is CC1(C)Cc2ccccc2C(=CC(=O)C2CCC2)N1. The van der Waals surface area contributed by atoms with Crippen LogP contribution in [0.4, 0.5) is 0 Å². The van der Waals surface area contributed by atoms with Crippen LogP contribution in [0.1, 0.15) is 44.2 Å². The van der Waals surface area contributed by atoms with Gasteiger partial charge in [-0.05, 0) is 38.7 Å². The van der Waals surface area contributed by atoms with Crippen LogP contribution in [0.2, 0.25) is 0 Å². The smallest absolute Gasteiger partial charge is 0.160 e. The highest BCUT2D eigenvalue weighted by molar-refractivity contribution is 5.99. The highest BCUT2D eigenvalue weighted by atomic mass is 16.1. The van der Waals surface area contributed by atoms with Gasteiger partial charge in [0.1, 0.15) is 0 Å². The lowest BCUT2D eigenvalue weighted by molar-refractivity contribution is -0.120. The van der Waals surface area contributed by atoms with Gasteiger partial charge in [-0.3, -0.25) is 4.79 Å². The van der Waals surface area contributed by atoms with Crippen molar-refractivity contribution in [2.45, 2.75) is 45.1 Å². The number of fused-ring (bicyclic) bond motifs is 1. The molecule has 0 unspecified atom stereocenters. The van der Waals surface area contributed by atoms with E-state index in [-0.39, 0.29) is 11.5 Å². The summed E-state index contributed by atoms with van der Waals surface area (Å²) in [6.07, 6.45) is 6.16. The van der Waals surface area contributed by atoms with Gasteiger partial charge in [-0.25, -0.2) is 0 Å². The van der Waals surface area contributed by atoms with Crippen LogP contribution < -0.4 is 5.32 Å². The number of rotatable bonds is 2. The predicted molar refractivity (Wildman–Crippen MR) is 77.7 cm³/mol. The maximum atomic E-state index is 12.2. The van der Waals surface area contributed by atoms with Gasteiger partial charge in [-0.2, -0.15) is 0 Å². The summed E-state index contributed by atoms with van der Waals surface area (Å²) in [5.74, 6) is 0.563. The molecule has 0 aromatic heterocycles. The van der Waals surface area contributed by atoms with Crippen molar-refractivity contribution in [2.75, 3.05) is 0 Å². The number of allylic oxidation sites excluding steroid dienone is 1. The number of hydrogen-bond acceptors (Lipinski definition) is 2. The van der Waals surface area contributed by atoms with Gasteiger partial charge in [0.15, 0.2) is 5.78 Å². The summed E-state index contributed by atoms with van der Waals surface area (Å²) in [5, 5.41) is 3.52. The molecule has 1 aliphatic heterocycles. The Morgan fingerprint density at radius 1 is 1.32 bits per heavy atom. The number of carbonyl (C=O) groups is 1. The van der Waals surface area contributed by atoms with Crippen molar-refractivity contribution in [3.63, 3.8) is 0 Å². The summed E-state index contributed by atoms with van der Waals surface area (Å²) in [5.41, 5.74) is 3.54. The highest BCUT2D eigenvalue weighted by Gasteiger charge is 2.29. The molecule has 2 aliphatic rings. The lowest BCUT2D eigenvalue weighted by Crippen LogP contribution is -2.44. The van der Waals surface area contributed by atoms with Gasteiger partial charge >= 0.3 is 0 Å². The average Bonchev–Trinajstić information content (AvgIpc) is 2.24. The van der Waals surface area contributed by atoms with Crippen LogP contribution in [-0.4, -0.2) is 11.3 Å². The molecule has 2 nitrogen and oxygen atoms in total. The fourth-order valence-corrected chi connectivity index (χ4v) is 2.96. The van der Waals surface area contributed by atoms with E-state index in [2.05, 4.69) is 37.4 Å². The molecule has 100 valence electrons. The first-order valence-electron chi connectivity index (χ1n) is 7.17. The largest absolute Gasteiger partial charge is 0.379 e. The molecule has 19 heavy (non-hydrogen) atoms. The van der Waals surface area contributed by atoms with Crippen LogP contribution >= 0.6 is 0 Å². The molecule has 0 bridgehead atoms. The van der Waals surface area contributed by atoms with Gasteiger partial charge in [0.25, 0.3) is 0 Å². The summed E-state index contributed by atoms with van der Waals surface area (Å²) < 4.78 is 0. The molecule has 3 rings (SSSR count). The van der Waals surface area contributed by atoms with Gasteiger partial charge < -0.3 is 5.32 Å². The Kier molecular flexibility index (Phi) is 2.96. The van der Waals surface area contributed by atoms with Crippen LogP contribution in [0.5, 0.6) is 0 Å². The van der Waals surface area contributed by atoms with Crippen LogP contribution in [0.3, 0.4) is 0 Å². The minimum absolute atomic E-state index is 0.0140. The van der Waals surface area contributed by atoms with Crippen LogP contribution in [0.15, 0.2) is 30.3 Å². The van der Waals surface area contributed by atoms with E-state index in [1.165, 1.54) is 17.5 Å². The normalized spacial score (nSPS) is 23.4. The van der Waals surface area contributed by atoms with E-state index in [4.69, 9.17) is 0 Å². The first-order valence-corrected chi connectivity index (χ1v) is 7.17. The van der Waals surface area contributed by atoms with Crippen molar-refractivity contribution >= 4 is 11.5 Å². The Bertz CT molecular complexity index is 538. The maximum absolute atomic E-state index is 12.2.